The van der Waals surface area contributed by atoms with Gasteiger partial charge in [-0.05, 0) is 33.8 Å². The Labute approximate surface area is 126 Å². The summed E-state index contributed by atoms with van der Waals surface area (Å²) in [7, 11) is 7.75. The summed E-state index contributed by atoms with van der Waals surface area (Å²) < 4.78 is 0. The van der Waals surface area contributed by atoms with Gasteiger partial charge in [0.05, 0.1) is 0 Å². The SMILES string of the molecule is CN(C)C(C(=O)c1ccccc1)(c1ccccc1)N(C)C. The molecular formula is C18H22N2O. The van der Waals surface area contributed by atoms with E-state index in [1.807, 2.05) is 98.7 Å². The van der Waals surface area contributed by atoms with E-state index in [0.717, 1.165) is 5.56 Å². The molecular weight excluding hydrogens is 260 g/mol. The van der Waals surface area contributed by atoms with Gasteiger partial charge in [-0.1, -0.05) is 60.7 Å². The quantitative estimate of drug-likeness (QED) is 0.622. The Morgan fingerprint density at radius 3 is 1.62 bits per heavy atom. The molecule has 0 aromatic heterocycles. The van der Waals surface area contributed by atoms with Crippen LogP contribution in [0.15, 0.2) is 60.7 Å². The van der Waals surface area contributed by atoms with Crippen molar-refractivity contribution in [3.05, 3.63) is 71.8 Å². The van der Waals surface area contributed by atoms with Crippen LogP contribution in [0.3, 0.4) is 0 Å². The first kappa shape index (κ1) is 15.4. The number of hydrogen-bond acceptors (Lipinski definition) is 3. The zero-order chi connectivity index (χ0) is 15.5. The predicted molar refractivity (Wildman–Crippen MR) is 86.3 cm³/mol. The number of likely N-dealkylation sites (N-methyl/N-ethyl adjacent to an activating group) is 2. The summed E-state index contributed by atoms with van der Waals surface area (Å²) in [5.41, 5.74) is 0.861. The van der Waals surface area contributed by atoms with E-state index in [1.54, 1.807) is 0 Å². The zero-order valence-corrected chi connectivity index (χ0v) is 13.1. The summed E-state index contributed by atoms with van der Waals surface area (Å²) in [6.07, 6.45) is 0. The van der Waals surface area contributed by atoms with Gasteiger partial charge < -0.3 is 0 Å². The van der Waals surface area contributed by atoms with Crippen molar-refractivity contribution in [3.63, 3.8) is 0 Å². The van der Waals surface area contributed by atoms with Crippen molar-refractivity contribution < 1.29 is 4.79 Å². The third-order valence-corrected chi connectivity index (χ3v) is 3.82. The number of rotatable bonds is 5. The molecule has 0 radical (unpaired) electrons. The summed E-state index contributed by atoms with van der Waals surface area (Å²) in [5.74, 6) is 0.0734. The lowest BCUT2D eigenvalue weighted by molar-refractivity contribution is 0.00892. The Hall–Kier alpha value is -1.97. The van der Waals surface area contributed by atoms with Crippen molar-refractivity contribution in [1.82, 2.24) is 9.80 Å². The zero-order valence-electron chi connectivity index (χ0n) is 13.1. The van der Waals surface area contributed by atoms with Crippen LogP contribution in [-0.2, 0) is 5.66 Å². The smallest absolute Gasteiger partial charge is 0.202 e. The van der Waals surface area contributed by atoms with E-state index < -0.39 is 5.66 Å². The normalized spacial score (nSPS) is 11.9. The minimum atomic E-state index is -0.817. The third-order valence-electron chi connectivity index (χ3n) is 3.82. The minimum Gasteiger partial charge on any atom is -0.290 e. The van der Waals surface area contributed by atoms with Crippen molar-refractivity contribution in [1.29, 1.82) is 0 Å². The molecule has 3 nitrogen and oxygen atoms in total. The molecule has 0 fully saturated rings. The van der Waals surface area contributed by atoms with E-state index in [1.165, 1.54) is 0 Å². The molecule has 0 bridgehead atoms. The maximum Gasteiger partial charge on any atom is 0.202 e. The fourth-order valence-electron chi connectivity index (χ4n) is 2.92. The van der Waals surface area contributed by atoms with Gasteiger partial charge in [0.2, 0.25) is 5.78 Å². The molecule has 110 valence electrons. The summed E-state index contributed by atoms with van der Waals surface area (Å²) in [4.78, 5) is 17.2. The van der Waals surface area contributed by atoms with Crippen LogP contribution >= 0.6 is 0 Å². The molecule has 2 rings (SSSR count). The van der Waals surface area contributed by atoms with Gasteiger partial charge in [-0.3, -0.25) is 14.6 Å². The number of hydrogen-bond donors (Lipinski definition) is 0. The molecule has 0 aliphatic carbocycles. The maximum absolute atomic E-state index is 13.3. The van der Waals surface area contributed by atoms with Gasteiger partial charge in [0.1, 0.15) is 0 Å². The number of nitrogens with zero attached hydrogens (tertiary/aromatic N) is 2. The minimum absolute atomic E-state index is 0.0734. The molecule has 0 atom stereocenters. The Bertz CT molecular complexity index is 583. The lowest BCUT2D eigenvalue weighted by atomic mass is 9.88. The fraction of sp³-hybridized carbons (Fsp3) is 0.278. The Kier molecular flexibility index (Phi) is 4.56. The van der Waals surface area contributed by atoms with Crippen LogP contribution in [0.5, 0.6) is 0 Å². The Balaban J connectivity index is 2.64. The highest BCUT2D eigenvalue weighted by Gasteiger charge is 2.44. The number of benzene rings is 2. The Morgan fingerprint density at radius 2 is 1.19 bits per heavy atom. The molecule has 0 heterocycles. The molecule has 0 saturated carbocycles. The highest BCUT2D eigenvalue weighted by atomic mass is 16.1. The van der Waals surface area contributed by atoms with Crippen LogP contribution in [0, 0.1) is 0 Å². The third kappa shape index (κ3) is 2.62. The lowest BCUT2D eigenvalue weighted by Gasteiger charge is -2.44. The van der Waals surface area contributed by atoms with Gasteiger partial charge in [-0.25, -0.2) is 0 Å². The number of ketones is 1. The second kappa shape index (κ2) is 6.20. The molecule has 0 saturated heterocycles. The molecule has 3 heteroatoms. The van der Waals surface area contributed by atoms with Gasteiger partial charge in [-0.2, -0.15) is 0 Å². The summed E-state index contributed by atoms with van der Waals surface area (Å²) >= 11 is 0. The van der Waals surface area contributed by atoms with E-state index in [9.17, 15) is 4.79 Å². The summed E-state index contributed by atoms with van der Waals surface area (Å²) in [6.45, 7) is 0. The second-order valence-corrected chi connectivity index (χ2v) is 5.52. The van der Waals surface area contributed by atoms with Crippen LogP contribution in [0.4, 0.5) is 0 Å². The van der Waals surface area contributed by atoms with Crippen LogP contribution in [0.25, 0.3) is 0 Å². The van der Waals surface area contributed by atoms with Crippen LogP contribution in [0.1, 0.15) is 15.9 Å². The van der Waals surface area contributed by atoms with Crippen LogP contribution < -0.4 is 0 Å². The van der Waals surface area contributed by atoms with Crippen molar-refractivity contribution in [3.8, 4) is 0 Å². The summed E-state index contributed by atoms with van der Waals surface area (Å²) in [6, 6.07) is 19.4. The largest absolute Gasteiger partial charge is 0.290 e. The molecule has 0 N–H and O–H groups in total. The first-order chi connectivity index (χ1) is 10.0. The first-order valence-corrected chi connectivity index (χ1v) is 7.01. The predicted octanol–water partition coefficient (Wildman–Crippen LogP) is 2.85. The highest BCUT2D eigenvalue weighted by molar-refractivity contribution is 6.03. The van der Waals surface area contributed by atoms with Gasteiger partial charge >= 0.3 is 0 Å². The number of carbonyl (C=O) groups is 1. The van der Waals surface area contributed by atoms with Crippen molar-refractivity contribution in [2.75, 3.05) is 28.2 Å². The van der Waals surface area contributed by atoms with E-state index in [4.69, 9.17) is 0 Å². The monoisotopic (exact) mass is 282 g/mol. The van der Waals surface area contributed by atoms with E-state index >= 15 is 0 Å². The molecule has 0 spiro atoms. The van der Waals surface area contributed by atoms with Crippen LogP contribution in [-0.4, -0.2) is 43.8 Å². The topological polar surface area (TPSA) is 23.6 Å². The lowest BCUT2D eigenvalue weighted by Crippen LogP contribution is -2.58. The standard InChI is InChI=1S/C18H22N2O/c1-19(2)18(20(3)4,16-13-9-6-10-14-16)17(21)15-11-7-5-8-12-15/h5-14H,1-4H3. The Morgan fingerprint density at radius 1 is 0.762 bits per heavy atom. The van der Waals surface area contributed by atoms with Gasteiger partial charge in [-0.15, -0.1) is 0 Å². The van der Waals surface area contributed by atoms with Crippen molar-refractivity contribution >= 4 is 5.78 Å². The molecule has 21 heavy (non-hydrogen) atoms. The fourth-order valence-corrected chi connectivity index (χ4v) is 2.92. The molecule has 0 aliphatic heterocycles. The van der Waals surface area contributed by atoms with Gasteiger partial charge in [0.25, 0.3) is 0 Å². The molecule has 2 aromatic rings. The van der Waals surface area contributed by atoms with Crippen LogP contribution in [0.2, 0.25) is 0 Å². The molecule has 0 unspecified atom stereocenters. The average molecular weight is 282 g/mol. The second-order valence-electron chi connectivity index (χ2n) is 5.52. The summed E-state index contributed by atoms with van der Waals surface area (Å²) in [5, 5.41) is 0. The highest BCUT2D eigenvalue weighted by Crippen LogP contribution is 2.32. The van der Waals surface area contributed by atoms with Crippen molar-refractivity contribution in [2.24, 2.45) is 0 Å². The molecule has 0 amide bonds. The van der Waals surface area contributed by atoms with Crippen molar-refractivity contribution in [2.45, 2.75) is 5.66 Å². The van der Waals surface area contributed by atoms with E-state index in [-0.39, 0.29) is 5.78 Å². The molecule has 2 aromatic carbocycles. The van der Waals surface area contributed by atoms with Gasteiger partial charge in [0, 0.05) is 5.56 Å². The first-order valence-electron chi connectivity index (χ1n) is 7.01. The number of Topliss-reactive ketones (excluding diaryl/α,β-unsaturated/α-hetero) is 1. The maximum atomic E-state index is 13.3. The van der Waals surface area contributed by atoms with E-state index in [0.29, 0.717) is 5.56 Å². The number of carbonyl (C=O) groups excluding carboxylic acids is 1. The molecule has 0 aliphatic rings. The van der Waals surface area contributed by atoms with Gasteiger partial charge in [0.15, 0.2) is 5.66 Å². The average Bonchev–Trinajstić information content (AvgIpc) is 2.49. The van der Waals surface area contributed by atoms with E-state index in [2.05, 4.69) is 0 Å².